The number of alkyl halides is 3. The number of likely N-dealkylation sites (tertiary alicyclic amines) is 1. The number of aliphatic imine (C=N–C) groups is 1. The molecule has 1 saturated heterocycles. The highest BCUT2D eigenvalue weighted by Gasteiger charge is 2.34. The number of nitrogens with zero attached hydrogens (tertiary/aromatic N) is 2. The fraction of sp³-hybridized carbons (Fsp3) is 0.600. The number of nitrogens with one attached hydrogen (secondary N) is 2. The fourth-order valence-corrected chi connectivity index (χ4v) is 2.66. The highest BCUT2D eigenvalue weighted by molar-refractivity contribution is 5.80. The number of ether oxygens (including phenoxy) is 2. The Hall–Kier alpha value is -2.49. The zero-order valence-corrected chi connectivity index (χ0v) is 17.7. The molecule has 0 atom stereocenters. The second-order valence-corrected chi connectivity index (χ2v) is 8.08. The van der Waals surface area contributed by atoms with Crippen LogP contribution in [-0.2, 0) is 22.6 Å². The van der Waals surface area contributed by atoms with Crippen LogP contribution < -0.4 is 10.6 Å². The number of halogens is 3. The Morgan fingerprint density at radius 1 is 1.17 bits per heavy atom. The predicted octanol–water partition coefficient (Wildman–Crippen LogP) is 3.05. The minimum absolute atomic E-state index is 0.0804. The van der Waals surface area contributed by atoms with Gasteiger partial charge in [0.15, 0.2) is 5.96 Å². The minimum Gasteiger partial charge on any atom is -0.444 e. The van der Waals surface area contributed by atoms with Crippen LogP contribution in [-0.4, -0.2) is 61.5 Å². The number of amides is 1. The van der Waals surface area contributed by atoms with Crippen LogP contribution in [0.25, 0.3) is 0 Å². The first-order valence-corrected chi connectivity index (χ1v) is 9.62. The van der Waals surface area contributed by atoms with Crippen LogP contribution >= 0.6 is 0 Å². The van der Waals surface area contributed by atoms with E-state index in [-0.39, 0.29) is 18.7 Å². The molecule has 30 heavy (non-hydrogen) atoms. The summed E-state index contributed by atoms with van der Waals surface area (Å²) >= 11 is 0. The zero-order chi connectivity index (χ0) is 22.4. The average molecular weight is 430 g/mol. The van der Waals surface area contributed by atoms with Gasteiger partial charge in [0.25, 0.3) is 0 Å². The van der Waals surface area contributed by atoms with Crippen molar-refractivity contribution in [3.63, 3.8) is 0 Å². The lowest BCUT2D eigenvalue weighted by Crippen LogP contribution is -2.63. The molecule has 7 nitrogen and oxygen atoms in total. The maximum Gasteiger partial charge on any atom is 0.411 e. The van der Waals surface area contributed by atoms with Crippen molar-refractivity contribution in [1.82, 2.24) is 15.5 Å². The van der Waals surface area contributed by atoms with Crippen LogP contribution in [0.5, 0.6) is 0 Å². The highest BCUT2D eigenvalue weighted by atomic mass is 19.4. The summed E-state index contributed by atoms with van der Waals surface area (Å²) in [7, 11) is 1.65. The van der Waals surface area contributed by atoms with Gasteiger partial charge in [-0.25, -0.2) is 4.79 Å². The van der Waals surface area contributed by atoms with Crippen molar-refractivity contribution < 1.29 is 27.4 Å². The van der Waals surface area contributed by atoms with Gasteiger partial charge in [-0.2, -0.15) is 13.2 Å². The van der Waals surface area contributed by atoms with Crippen LogP contribution in [0, 0.1) is 0 Å². The van der Waals surface area contributed by atoms with E-state index in [1.165, 1.54) is 0 Å². The van der Waals surface area contributed by atoms with Gasteiger partial charge in [-0.15, -0.1) is 0 Å². The van der Waals surface area contributed by atoms with Crippen LogP contribution in [0.3, 0.4) is 0 Å². The molecule has 1 fully saturated rings. The number of hydrogen-bond acceptors (Lipinski definition) is 4. The van der Waals surface area contributed by atoms with Crippen LogP contribution in [0.1, 0.15) is 31.9 Å². The molecule has 0 bridgehead atoms. The van der Waals surface area contributed by atoms with E-state index in [1.54, 1.807) is 24.1 Å². The lowest BCUT2D eigenvalue weighted by molar-refractivity contribution is -0.176. The molecule has 2 rings (SSSR count). The van der Waals surface area contributed by atoms with Gasteiger partial charge in [-0.3, -0.25) is 4.99 Å². The molecule has 2 N–H and O–H groups in total. The Labute approximate surface area is 174 Å². The van der Waals surface area contributed by atoms with Crippen LogP contribution in [0.15, 0.2) is 29.3 Å². The molecule has 0 saturated carbocycles. The fourth-order valence-electron chi connectivity index (χ4n) is 2.66. The van der Waals surface area contributed by atoms with Crippen molar-refractivity contribution in [1.29, 1.82) is 0 Å². The second kappa shape index (κ2) is 10.0. The minimum atomic E-state index is -4.32. The molecule has 1 heterocycles. The summed E-state index contributed by atoms with van der Waals surface area (Å²) in [4.78, 5) is 17.7. The molecule has 1 aromatic carbocycles. The molecule has 168 valence electrons. The molecular weight excluding hydrogens is 401 g/mol. The first-order chi connectivity index (χ1) is 13.9. The van der Waals surface area contributed by atoms with E-state index in [1.807, 2.05) is 32.9 Å². The lowest BCUT2D eigenvalue weighted by atomic mass is 10.1. The number of carbonyl (C=O) groups excluding carboxylic acids is 1. The van der Waals surface area contributed by atoms with Crippen LogP contribution in [0.2, 0.25) is 0 Å². The summed E-state index contributed by atoms with van der Waals surface area (Å²) in [6.45, 7) is 5.68. The quantitative estimate of drug-likeness (QED) is 0.536. The number of carbonyl (C=O) groups is 1. The maximum atomic E-state index is 12.1. The monoisotopic (exact) mass is 430 g/mol. The highest BCUT2D eigenvalue weighted by Crippen LogP contribution is 2.16. The summed E-state index contributed by atoms with van der Waals surface area (Å²) in [5, 5.41) is 6.41. The van der Waals surface area contributed by atoms with E-state index in [4.69, 9.17) is 4.74 Å². The molecule has 1 aliphatic heterocycles. The Morgan fingerprint density at radius 2 is 1.77 bits per heavy atom. The topological polar surface area (TPSA) is 75.2 Å². The third kappa shape index (κ3) is 8.48. The second-order valence-electron chi connectivity index (χ2n) is 8.08. The first-order valence-electron chi connectivity index (χ1n) is 9.62. The number of benzene rings is 1. The SMILES string of the molecule is CN=C(NCc1ccc(COCC(F)(F)F)cc1)NC1CN(C(=O)OC(C)(C)C)C1. The summed E-state index contributed by atoms with van der Waals surface area (Å²) in [6, 6.07) is 7.18. The Bertz CT molecular complexity index is 724. The summed E-state index contributed by atoms with van der Waals surface area (Å²) in [5.74, 6) is 0.599. The van der Waals surface area contributed by atoms with Gasteiger partial charge in [-0.05, 0) is 31.9 Å². The van der Waals surface area contributed by atoms with Crippen molar-refractivity contribution in [3.05, 3.63) is 35.4 Å². The molecule has 0 radical (unpaired) electrons. The zero-order valence-electron chi connectivity index (χ0n) is 17.7. The summed E-state index contributed by atoms with van der Waals surface area (Å²) in [6.07, 6.45) is -4.65. The van der Waals surface area contributed by atoms with Gasteiger partial charge in [-0.1, -0.05) is 24.3 Å². The largest absolute Gasteiger partial charge is 0.444 e. The Morgan fingerprint density at radius 3 is 2.30 bits per heavy atom. The van der Waals surface area contributed by atoms with Crippen molar-refractivity contribution in [2.75, 3.05) is 26.7 Å². The number of rotatable bonds is 6. The third-order valence-electron chi connectivity index (χ3n) is 4.12. The molecule has 10 heteroatoms. The van der Waals surface area contributed by atoms with E-state index in [0.29, 0.717) is 31.2 Å². The van der Waals surface area contributed by atoms with Crippen molar-refractivity contribution in [3.8, 4) is 0 Å². The van der Waals surface area contributed by atoms with Gasteiger partial charge in [0, 0.05) is 26.7 Å². The van der Waals surface area contributed by atoms with Crippen molar-refractivity contribution in [2.45, 2.75) is 51.7 Å². The molecule has 1 aromatic rings. The average Bonchev–Trinajstić information content (AvgIpc) is 2.58. The van der Waals surface area contributed by atoms with E-state index in [9.17, 15) is 18.0 Å². The van der Waals surface area contributed by atoms with E-state index < -0.39 is 18.4 Å². The van der Waals surface area contributed by atoms with Gasteiger partial charge in [0.05, 0.1) is 12.6 Å². The molecular formula is C20H29F3N4O3. The van der Waals surface area contributed by atoms with Gasteiger partial charge >= 0.3 is 12.3 Å². The molecule has 0 unspecified atom stereocenters. The third-order valence-corrected chi connectivity index (χ3v) is 4.12. The number of hydrogen-bond donors (Lipinski definition) is 2. The van der Waals surface area contributed by atoms with Gasteiger partial charge < -0.3 is 25.0 Å². The van der Waals surface area contributed by atoms with Gasteiger partial charge in [0.2, 0.25) is 0 Å². The maximum absolute atomic E-state index is 12.1. The Balaban J connectivity index is 1.70. The van der Waals surface area contributed by atoms with E-state index in [0.717, 1.165) is 5.56 Å². The summed E-state index contributed by atoms with van der Waals surface area (Å²) < 4.78 is 46.3. The smallest absolute Gasteiger partial charge is 0.411 e. The standard InChI is InChI=1S/C20H29F3N4O3/c1-19(2,3)30-18(28)27-10-16(11-27)26-17(24-4)25-9-14-5-7-15(8-6-14)12-29-13-20(21,22)23/h5-8,16H,9-13H2,1-4H3,(H2,24,25,26). The van der Waals surface area contributed by atoms with E-state index in [2.05, 4.69) is 20.4 Å². The molecule has 1 amide bonds. The van der Waals surface area contributed by atoms with E-state index >= 15 is 0 Å². The van der Waals surface area contributed by atoms with Crippen molar-refractivity contribution in [2.24, 2.45) is 4.99 Å². The van der Waals surface area contributed by atoms with Crippen LogP contribution in [0.4, 0.5) is 18.0 Å². The molecule has 0 aliphatic carbocycles. The Kier molecular flexibility index (Phi) is 7.94. The number of guanidine groups is 1. The molecule has 0 spiro atoms. The summed E-state index contributed by atoms with van der Waals surface area (Å²) in [5.41, 5.74) is 1.09. The molecule has 0 aromatic heterocycles. The lowest BCUT2D eigenvalue weighted by Gasteiger charge is -2.40. The first kappa shape index (κ1) is 23.8. The predicted molar refractivity (Wildman–Crippen MR) is 107 cm³/mol. The van der Waals surface area contributed by atoms with Crippen molar-refractivity contribution >= 4 is 12.1 Å². The normalized spacial score (nSPS) is 15.6. The molecule has 1 aliphatic rings. The van der Waals surface area contributed by atoms with Gasteiger partial charge in [0.1, 0.15) is 12.2 Å².